The van der Waals surface area contributed by atoms with Gasteiger partial charge in [0.25, 0.3) is 0 Å². The second kappa shape index (κ2) is 4.30. The average molecular weight is 275 g/mol. The zero-order valence-corrected chi connectivity index (χ0v) is 12.4. The topological polar surface area (TPSA) is 54.4 Å². The van der Waals surface area contributed by atoms with Crippen LogP contribution in [-0.2, 0) is 9.47 Å². The van der Waals surface area contributed by atoms with Crippen molar-refractivity contribution in [2.45, 2.75) is 51.0 Å². The lowest BCUT2D eigenvalue weighted by Gasteiger charge is -2.15. The van der Waals surface area contributed by atoms with Gasteiger partial charge in [0.1, 0.15) is 12.7 Å². The van der Waals surface area contributed by atoms with Crippen LogP contribution in [0.15, 0.2) is 29.3 Å². The zero-order chi connectivity index (χ0) is 14.5. The molecule has 0 unspecified atom stereocenters. The summed E-state index contributed by atoms with van der Waals surface area (Å²) < 4.78 is 11.6. The average Bonchev–Trinajstić information content (AvgIpc) is 3.03. The maximum absolute atomic E-state index is 10.2. The summed E-state index contributed by atoms with van der Waals surface area (Å²) in [7, 11) is 0. The van der Waals surface area contributed by atoms with Gasteiger partial charge in [-0.1, -0.05) is 29.8 Å². The fraction of sp³-hybridized carbons (Fsp3) is 0.562. The van der Waals surface area contributed by atoms with E-state index in [0.717, 1.165) is 5.56 Å². The maximum Gasteiger partial charge on any atom is 0.223 e. The van der Waals surface area contributed by atoms with Crippen LogP contribution in [0.5, 0.6) is 0 Å². The third kappa shape index (κ3) is 2.03. The Morgan fingerprint density at radius 2 is 1.95 bits per heavy atom. The van der Waals surface area contributed by atoms with Crippen molar-refractivity contribution in [3.63, 3.8) is 0 Å². The molecule has 4 heteroatoms. The molecule has 0 saturated carbocycles. The fourth-order valence-electron chi connectivity index (χ4n) is 2.66. The molecule has 0 spiro atoms. The molecule has 2 heterocycles. The van der Waals surface area contributed by atoms with Crippen molar-refractivity contribution >= 4 is 5.90 Å². The molecule has 108 valence electrons. The second-order valence-corrected chi connectivity index (χ2v) is 6.40. The number of aryl methyl sites for hydroxylation is 1. The van der Waals surface area contributed by atoms with Gasteiger partial charge >= 0.3 is 0 Å². The van der Waals surface area contributed by atoms with E-state index in [1.54, 1.807) is 6.92 Å². The van der Waals surface area contributed by atoms with Gasteiger partial charge in [-0.3, -0.25) is 0 Å². The molecule has 3 atom stereocenters. The van der Waals surface area contributed by atoms with Crippen LogP contribution in [0.1, 0.15) is 38.0 Å². The number of hydrogen-bond donors (Lipinski definition) is 1. The number of benzene rings is 1. The Hall–Kier alpha value is -1.39. The van der Waals surface area contributed by atoms with Gasteiger partial charge in [-0.05, 0) is 33.3 Å². The van der Waals surface area contributed by atoms with Gasteiger partial charge in [0.05, 0.1) is 11.6 Å². The molecule has 2 aliphatic rings. The van der Waals surface area contributed by atoms with Crippen molar-refractivity contribution in [2.75, 3.05) is 6.61 Å². The Labute approximate surface area is 119 Å². The number of hydrogen-bond acceptors (Lipinski definition) is 4. The van der Waals surface area contributed by atoms with Crippen LogP contribution >= 0.6 is 0 Å². The summed E-state index contributed by atoms with van der Waals surface area (Å²) in [6, 6.07) is 8.16. The maximum atomic E-state index is 10.2. The lowest BCUT2D eigenvalue weighted by atomic mass is 9.94. The molecule has 1 N–H and O–H groups in total. The van der Waals surface area contributed by atoms with E-state index in [1.165, 1.54) is 5.56 Å². The van der Waals surface area contributed by atoms with E-state index in [2.05, 4.69) is 4.99 Å². The Morgan fingerprint density at radius 1 is 1.30 bits per heavy atom. The predicted octanol–water partition coefficient (Wildman–Crippen LogP) is 2.39. The van der Waals surface area contributed by atoms with Gasteiger partial charge in [-0.25, -0.2) is 4.99 Å². The molecule has 1 aromatic carbocycles. The van der Waals surface area contributed by atoms with Crippen molar-refractivity contribution in [3.05, 3.63) is 35.4 Å². The molecule has 2 aliphatic heterocycles. The van der Waals surface area contributed by atoms with Crippen LogP contribution < -0.4 is 0 Å². The summed E-state index contributed by atoms with van der Waals surface area (Å²) in [5, 5.41) is 10.2. The minimum atomic E-state index is -0.816. The number of aliphatic hydroxyl groups excluding tert-OH is 1. The van der Waals surface area contributed by atoms with Gasteiger partial charge in [0.15, 0.2) is 5.60 Å². The molecule has 20 heavy (non-hydrogen) atoms. The second-order valence-electron chi connectivity index (χ2n) is 6.40. The van der Waals surface area contributed by atoms with Gasteiger partial charge in [-0.15, -0.1) is 0 Å². The number of aliphatic imine (C=N–C) groups is 1. The molecule has 0 aliphatic carbocycles. The Bertz CT molecular complexity index is 547. The first kappa shape index (κ1) is 13.6. The first-order chi connectivity index (χ1) is 9.35. The lowest BCUT2D eigenvalue weighted by molar-refractivity contribution is 0.110. The van der Waals surface area contributed by atoms with Gasteiger partial charge in [0.2, 0.25) is 5.90 Å². The minimum Gasteiger partial charge on any atom is -0.476 e. The SMILES string of the molecule is Cc1ccc([C@H]2O[C@@]2(C2=NC(C)(C)CO2)[C@@H](C)O)cc1. The van der Waals surface area contributed by atoms with E-state index < -0.39 is 11.7 Å². The highest BCUT2D eigenvalue weighted by Gasteiger charge is 2.67. The smallest absolute Gasteiger partial charge is 0.223 e. The molecule has 4 nitrogen and oxygen atoms in total. The van der Waals surface area contributed by atoms with Crippen LogP contribution in [0.4, 0.5) is 0 Å². The van der Waals surface area contributed by atoms with E-state index in [9.17, 15) is 5.11 Å². The number of nitrogens with zero attached hydrogens (tertiary/aromatic N) is 1. The number of ether oxygens (including phenoxy) is 2. The fourth-order valence-corrected chi connectivity index (χ4v) is 2.66. The van der Waals surface area contributed by atoms with Crippen molar-refractivity contribution in [3.8, 4) is 0 Å². The van der Waals surface area contributed by atoms with Crippen molar-refractivity contribution < 1.29 is 14.6 Å². The van der Waals surface area contributed by atoms with Crippen LogP contribution in [0.2, 0.25) is 0 Å². The molecular formula is C16H21NO3. The molecule has 3 rings (SSSR count). The van der Waals surface area contributed by atoms with Crippen LogP contribution in [0.3, 0.4) is 0 Å². The van der Waals surface area contributed by atoms with Crippen LogP contribution in [0.25, 0.3) is 0 Å². The van der Waals surface area contributed by atoms with Crippen molar-refractivity contribution in [2.24, 2.45) is 4.99 Å². The number of rotatable bonds is 3. The van der Waals surface area contributed by atoms with Gasteiger partial charge in [-0.2, -0.15) is 0 Å². The molecule has 1 aromatic rings. The largest absolute Gasteiger partial charge is 0.476 e. The first-order valence-electron chi connectivity index (χ1n) is 7.01. The summed E-state index contributed by atoms with van der Waals surface area (Å²) in [6.07, 6.45) is -0.850. The molecular weight excluding hydrogens is 254 g/mol. The van der Waals surface area contributed by atoms with Crippen molar-refractivity contribution in [1.82, 2.24) is 0 Å². The Balaban J connectivity index is 1.92. The summed E-state index contributed by atoms with van der Waals surface area (Å²) >= 11 is 0. The van der Waals surface area contributed by atoms with Gasteiger partial charge in [0, 0.05) is 0 Å². The monoisotopic (exact) mass is 275 g/mol. The van der Waals surface area contributed by atoms with E-state index in [0.29, 0.717) is 12.5 Å². The van der Waals surface area contributed by atoms with E-state index in [-0.39, 0.29) is 11.6 Å². The van der Waals surface area contributed by atoms with Crippen LogP contribution in [0, 0.1) is 6.92 Å². The number of aliphatic hydroxyl groups is 1. The molecule has 0 bridgehead atoms. The predicted molar refractivity (Wildman–Crippen MR) is 76.9 cm³/mol. The Morgan fingerprint density at radius 3 is 2.45 bits per heavy atom. The standard InChI is InChI=1S/C16H21NO3/c1-10-5-7-12(8-6-10)13-16(20-13,11(2)18)14-17-15(3,4)9-19-14/h5-8,11,13,18H,9H2,1-4H3/t11-,13-,16+/m1/s1. The lowest BCUT2D eigenvalue weighted by Crippen LogP contribution is -2.37. The molecule has 0 aromatic heterocycles. The third-order valence-electron chi connectivity index (χ3n) is 3.95. The third-order valence-corrected chi connectivity index (χ3v) is 3.95. The molecule has 1 saturated heterocycles. The van der Waals surface area contributed by atoms with Gasteiger partial charge < -0.3 is 14.6 Å². The van der Waals surface area contributed by atoms with E-state index >= 15 is 0 Å². The summed E-state index contributed by atoms with van der Waals surface area (Å²) in [5.41, 5.74) is 1.18. The summed E-state index contributed by atoms with van der Waals surface area (Å²) in [6.45, 7) is 8.33. The molecule has 0 amide bonds. The Kier molecular flexibility index (Phi) is 2.92. The quantitative estimate of drug-likeness (QED) is 0.862. The number of epoxide rings is 1. The molecule has 1 fully saturated rings. The van der Waals surface area contributed by atoms with E-state index in [1.807, 2.05) is 45.0 Å². The first-order valence-corrected chi connectivity index (χ1v) is 7.01. The normalized spacial score (nSPS) is 32.5. The highest BCUT2D eigenvalue weighted by molar-refractivity contribution is 5.91. The summed E-state index contributed by atoms with van der Waals surface area (Å²) in [5.74, 6) is 0.531. The minimum absolute atomic E-state index is 0.184. The highest BCUT2D eigenvalue weighted by Crippen LogP contribution is 2.54. The summed E-state index contributed by atoms with van der Waals surface area (Å²) in [4.78, 5) is 4.58. The highest BCUT2D eigenvalue weighted by atomic mass is 16.7. The van der Waals surface area contributed by atoms with Crippen LogP contribution in [-0.4, -0.2) is 34.9 Å². The van der Waals surface area contributed by atoms with Crippen molar-refractivity contribution in [1.29, 1.82) is 0 Å². The zero-order valence-electron chi connectivity index (χ0n) is 12.4. The van der Waals surface area contributed by atoms with E-state index in [4.69, 9.17) is 9.47 Å². The molecule has 0 radical (unpaired) electrons.